The Hall–Kier alpha value is -1.41. The minimum Gasteiger partial charge on any atom is -0.313 e. The fourth-order valence-electron chi connectivity index (χ4n) is 2.13. The molecule has 0 radical (unpaired) electrons. The van der Waals surface area contributed by atoms with Crippen molar-refractivity contribution in [3.8, 4) is 0 Å². The molecule has 0 amide bonds. The molecule has 1 aromatic heterocycles. The van der Waals surface area contributed by atoms with E-state index in [1.165, 1.54) is 16.5 Å². The predicted octanol–water partition coefficient (Wildman–Crippen LogP) is 3.64. The van der Waals surface area contributed by atoms with Gasteiger partial charge in [-0.3, -0.25) is 4.98 Å². The van der Waals surface area contributed by atoms with Gasteiger partial charge in [0.15, 0.2) is 0 Å². The van der Waals surface area contributed by atoms with Crippen LogP contribution in [0, 0.1) is 0 Å². The molecule has 2 rings (SSSR count). The van der Waals surface area contributed by atoms with Crippen LogP contribution in [0.2, 0.25) is 0 Å². The Bertz CT molecular complexity index is 517. The van der Waals surface area contributed by atoms with Gasteiger partial charge in [-0.1, -0.05) is 26.0 Å². The van der Waals surface area contributed by atoms with Crippen LogP contribution in [0.3, 0.4) is 0 Å². The quantitative estimate of drug-likeness (QED) is 0.867. The molecule has 1 heterocycles. The molecule has 0 fully saturated rings. The molecule has 17 heavy (non-hydrogen) atoms. The fourth-order valence-corrected chi connectivity index (χ4v) is 2.13. The van der Waals surface area contributed by atoms with Crippen LogP contribution < -0.4 is 5.32 Å². The van der Waals surface area contributed by atoms with Crippen LogP contribution in [0.4, 0.5) is 0 Å². The van der Waals surface area contributed by atoms with Crippen LogP contribution in [0.1, 0.15) is 43.9 Å². The Labute approximate surface area is 103 Å². The second-order valence-electron chi connectivity index (χ2n) is 4.85. The zero-order valence-electron chi connectivity index (χ0n) is 11.0. The molecule has 2 heteroatoms. The van der Waals surface area contributed by atoms with Crippen LogP contribution in [-0.4, -0.2) is 12.0 Å². The van der Waals surface area contributed by atoms with E-state index in [1.807, 2.05) is 19.3 Å². The number of benzene rings is 1. The Morgan fingerprint density at radius 1 is 1.18 bits per heavy atom. The topological polar surface area (TPSA) is 24.9 Å². The molecule has 0 saturated carbocycles. The molecule has 0 spiro atoms. The van der Waals surface area contributed by atoms with Gasteiger partial charge in [0, 0.05) is 17.6 Å². The standard InChI is InChI=1S/C15H20N2/c1-10(2)14-8-12(11(3)16-4)9-15-13(14)6-5-7-17-15/h5-11,16H,1-4H3. The van der Waals surface area contributed by atoms with E-state index in [4.69, 9.17) is 0 Å². The zero-order valence-corrected chi connectivity index (χ0v) is 11.0. The average molecular weight is 228 g/mol. The highest BCUT2D eigenvalue weighted by Gasteiger charge is 2.10. The largest absolute Gasteiger partial charge is 0.313 e. The molecule has 0 aliphatic heterocycles. The number of nitrogens with one attached hydrogen (secondary N) is 1. The van der Waals surface area contributed by atoms with Gasteiger partial charge in [-0.05, 0) is 43.1 Å². The maximum atomic E-state index is 4.47. The Kier molecular flexibility index (Phi) is 3.43. The smallest absolute Gasteiger partial charge is 0.0708 e. The van der Waals surface area contributed by atoms with Crippen LogP contribution in [-0.2, 0) is 0 Å². The summed E-state index contributed by atoms with van der Waals surface area (Å²) in [6, 6.07) is 9.01. The maximum absolute atomic E-state index is 4.47. The predicted molar refractivity (Wildman–Crippen MR) is 73.3 cm³/mol. The molecule has 1 atom stereocenters. The third-order valence-electron chi connectivity index (χ3n) is 3.33. The highest BCUT2D eigenvalue weighted by atomic mass is 14.9. The van der Waals surface area contributed by atoms with E-state index in [-0.39, 0.29) is 0 Å². The zero-order chi connectivity index (χ0) is 12.4. The third-order valence-corrected chi connectivity index (χ3v) is 3.33. The van der Waals surface area contributed by atoms with Gasteiger partial charge in [-0.25, -0.2) is 0 Å². The Balaban J connectivity index is 2.67. The van der Waals surface area contributed by atoms with Gasteiger partial charge in [0.25, 0.3) is 0 Å². The second-order valence-corrected chi connectivity index (χ2v) is 4.85. The number of rotatable bonds is 3. The van der Waals surface area contributed by atoms with Gasteiger partial charge in [-0.2, -0.15) is 0 Å². The molecule has 2 aromatic rings. The molecule has 1 aromatic carbocycles. The Morgan fingerprint density at radius 3 is 2.59 bits per heavy atom. The summed E-state index contributed by atoms with van der Waals surface area (Å²) in [6.07, 6.45) is 1.86. The molecule has 2 nitrogen and oxygen atoms in total. The molecule has 1 N–H and O–H groups in total. The van der Waals surface area contributed by atoms with E-state index in [0.29, 0.717) is 12.0 Å². The molecule has 0 aliphatic carbocycles. The van der Waals surface area contributed by atoms with Crippen molar-refractivity contribution in [2.75, 3.05) is 7.05 Å². The number of hydrogen-bond acceptors (Lipinski definition) is 2. The van der Waals surface area contributed by atoms with Crippen molar-refractivity contribution in [1.29, 1.82) is 0 Å². The first-order valence-electron chi connectivity index (χ1n) is 6.19. The number of aromatic nitrogens is 1. The summed E-state index contributed by atoms with van der Waals surface area (Å²) in [4.78, 5) is 4.47. The average Bonchev–Trinajstić information content (AvgIpc) is 2.36. The van der Waals surface area contributed by atoms with Gasteiger partial charge in [-0.15, -0.1) is 0 Å². The molecule has 90 valence electrons. The van der Waals surface area contributed by atoms with Crippen LogP contribution >= 0.6 is 0 Å². The highest BCUT2D eigenvalue weighted by Crippen LogP contribution is 2.28. The van der Waals surface area contributed by atoms with E-state index >= 15 is 0 Å². The second kappa shape index (κ2) is 4.84. The highest BCUT2D eigenvalue weighted by molar-refractivity contribution is 5.83. The molecular weight excluding hydrogens is 208 g/mol. The molecule has 0 bridgehead atoms. The lowest BCUT2D eigenvalue weighted by Crippen LogP contribution is -2.12. The summed E-state index contributed by atoms with van der Waals surface area (Å²) >= 11 is 0. The first kappa shape index (κ1) is 12.1. The van der Waals surface area contributed by atoms with E-state index in [2.05, 4.69) is 49.3 Å². The monoisotopic (exact) mass is 228 g/mol. The van der Waals surface area contributed by atoms with Crippen molar-refractivity contribution in [2.45, 2.75) is 32.7 Å². The lowest BCUT2D eigenvalue weighted by molar-refractivity contribution is 0.651. The summed E-state index contributed by atoms with van der Waals surface area (Å²) in [5.41, 5.74) is 3.78. The van der Waals surface area contributed by atoms with Crippen LogP contribution in [0.25, 0.3) is 10.9 Å². The summed E-state index contributed by atoms with van der Waals surface area (Å²) in [5.74, 6) is 0.519. The number of hydrogen-bond donors (Lipinski definition) is 1. The maximum Gasteiger partial charge on any atom is 0.0708 e. The fraction of sp³-hybridized carbons (Fsp3) is 0.400. The van der Waals surface area contributed by atoms with Crippen molar-refractivity contribution in [3.05, 3.63) is 41.6 Å². The van der Waals surface area contributed by atoms with E-state index in [1.54, 1.807) is 0 Å². The number of nitrogens with zero attached hydrogens (tertiary/aromatic N) is 1. The minimum absolute atomic E-state index is 0.360. The van der Waals surface area contributed by atoms with Crippen molar-refractivity contribution in [2.24, 2.45) is 0 Å². The van der Waals surface area contributed by atoms with Gasteiger partial charge >= 0.3 is 0 Å². The lowest BCUT2D eigenvalue weighted by Gasteiger charge is -2.16. The van der Waals surface area contributed by atoms with Gasteiger partial charge in [0.05, 0.1) is 5.52 Å². The van der Waals surface area contributed by atoms with Crippen molar-refractivity contribution < 1.29 is 0 Å². The number of fused-ring (bicyclic) bond motifs is 1. The summed E-state index contributed by atoms with van der Waals surface area (Å²) < 4.78 is 0. The van der Waals surface area contributed by atoms with Crippen molar-refractivity contribution in [1.82, 2.24) is 10.3 Å². The van der Waals surface area contributed by atoms with E-state index in [0.717, 1.165) is 5.52 Å². The van der Waals surface area contributed by atoms with E-state index < -0.39 is 0 Å². The lowest BCUT2D eigenvalue weighted by atomic mass is 9.94. The molecule has 0 saturated heterocycles. The van der Waals surface area contributed by atoms with Crippen molar-refractivity contribution in [3.63, 3.8) is 0 Å². The first-order valence-corrected chi connectivity index (χ1v) is 6.19. The molecule has 0 aliphatic rings. The third kappa shape index (κ3) is 2.32. The van der Waals surface area contributed by atoms with Gasteiger partial charge < -0.3 is 5.32 Å². The van der Waals surface area contributed by atoms with E-state index in [9.17, 15) is 0 Å². The van der Waals surface area contributed by atoms with Gasteiger partial charge in [0.2, 0.25) is 0 Å². The normalized spacial score (nSPS) is 13.2. The summed E-state index contributed by atoms with van der Waals surface area (Å²) in [6.45, 7) is 6.64. The minimum atomic E-state index is 0.360. The summed E-state index contributed by atoms with van der Waals surface area (Å²) in [7, 11) is 1.99. The SMILES string of the molecule is CNC(C)c1cc(C(C)C)c2cccnc2c1. The first-order chi connectivity index (χ1) is 8.13. The van der Waals surface area contributed by atoms with Crippen LogP contribution in [0.5, 0.6) is 0 Å². The Morgan fingerprint density at radius 2 is 1.94 bits per heavy atom. The molecular formula is C15H20N2. The summed E-state index contributed by atoms with van der Waals surface area (Å²) in [5, 5.41) is 4.56. The van der Waals surface area contributed by atoms with Crippen LogP contribution in [0.15, 0.2) is 30.5 Å². The van der Waals surface area contributed by atoms with Crippen molar-refractivity contribution >= 4 is 10.9 Å². The number of pyridine rings is 1. The molecule has 1 unspecified atom stereocenters. The van der Waals surface area contributed by atoms with Gasteiger partial charge in [0.1, 0.15) is 0 Å².